The standard InChI is InChI=1S/C10H13N3O2/c1-3-4-8(6-11)12-10(14)9-5-7(2)13-15-9/h5,8H,3-4H2,1-2H3,(H,12,14). The maximum absolute atomic E-state index is 11.5. The molecule has 1 N–H and O–H groups in total. The van der Waals surface area contributed by atoms with E-state index in [0.29, 0.717) is 12.1 Å². The zero-order valence-electron chi connectivity index (χ0n) is 8.78. The highest BCUT2D eigenvalue weighted by Gasteiger charge is 2.15. The summed E-state index contributed by atoms with van der Waals surface area (Å²) in [5, 5.41) is 14.9. The van der Waals surface area contributed by atoms with Gasteiger partial charge in [0.15, 0.2) is 0 Å². The highest BCUT2D eigenvalue weighted by Crippen LogP contribution is 2.03. The van der Waals surface area contributed by atoms with Crippen LogP contribution in [0.1, 0.15) is 36.0 Å². The third-order valence-electron chi connectivity index (χ3n) is 1.89. The predicted octanol–water partition coefficient (Wildman–Crippen LogP) is 1.41. The van der Waals surface area contributed by atoms with Gasteiger partial charge in [-0.2, -0.15) is 5.26 Å². The Hall–Kier alpha value is -1.83. The topological polar surface area (TPSA) is 78.9 Å². The van der Waals surface area contributed by atoms with E-state index in [1.807, 2.05) is 13.0 Å². The fourth-order valence-electron chi connectivity index (χ4n) is 1.16. The molecule has 80 valence electrons. The first-order valence-corrected chi connectivity index (χ1v) is 4.81. The van der Waals surface area contributed by atoms with E-state index < -0.39 is 11.9 Å². The highest BCUT2D eigenvalue weighted by atomic mass is 16.5. The average molecular weight is 207 g/mol. The molecule has 0 aliphatic heterocycles. The minimum atomic E-state index is -0.465. The summed E-state index contributed by atoms with van der Waals surface area (Å²) in [6, 6.07) is 3.09. The Morgan fingerprint density at radius 1 is 1.80 bits per heavy atom. The fourth-order valence-corrected chi connectivity index (χ4v) is 1.16. The summed E-state index contributed by atoms with van der Waals surface area (Å²) in [6.07, 6.45) is 1.48. The number of aromatic nitrogens is 1. The second kappa shape index (κ2) is 5.15. The Labute approximate surface area is 88.1 Å². The Kier molecular flexibility index (Phi) is 3.86. The van der Waals surface area contributed by atoms with Gasteiger partial charge in [0.2, 0.25) is 5.76 Å². The normalized spacial score (nSPS) is 11.8. The van der Waals surface area contributed by atoms with Crippen molar-refractivity contribution in [3.8, 4) is 6.07 Å². The van der Waals surface area contributed by atoms with Crippen LogP contribution in [0, 0.1) is 18.3 Å². The second-order valence-corrected chi connectivity index (χ2v) is 3.28. The Morgan fingerprint density at radius 2 is 2.53 bits per heavy atom. The summed E-state index contributed by atoms with van der Waals surface area (Å²) in [7, 11) is 0. The van der Waals surface area contributed by atoms with Crippen molar-refractivity contribution in [3.05, 3.63) is 17.5 Å². The van der Waals surface area contributed by atoms with Crippen molar-refractivity contribution in [1.82, 2.24) is 10.5 Å². The van der Waals surface area contributed by atoms with Gasteiger partial charge in [-0.15, -0.1) is 0 Å². The molecule has 0 saturated heterocycles. The fraction of sp³-hybridized carbons (Fsp3) is 0.500. The molecule has 1 heterocycles. The first-order chi connectivity index (χ1) is 7.17. The van der Waals surface area contributed by atoms with E-state index in [9.17, 15) is 4.79 Å². The minimum Gasteiger partial charge on any atom is -0.351 e. The average Bonchev–Trinajstić information content (AvgIpc) is 2.64. The molecule has 0 spiro atoms. The first-order valence-electron chi connectivity index (χ1n) is 4.81. The lowest BCUT2D eigenvalue weighted by molar-refractivity contribution is 0.0906. The van der Waals surface area contributed by atoms with Gasteiger partial charge in [-0.25, -0.2) is 0 Å². The van der Waals surface area contributed by atoms with E-state index in [-0.39, 0.29) is 5.76 Å². The number of hydrogen-bond acceptors (Lipinski definition) is 4. The van der Waals surface area contributed by atoms with E-state index in [2.05, 4.69) is 10.5 Å². The molecule has 0 fully saturated rings. The zero-order valence-corrected chi connectivity index (χ0v) is 8.78. The van der Waals surface area contributed by atoms with Gasteiger partial charge in [0.25, 0.3) is 5.91 Å². The van der Waals surface area contributed by atoms with Crippen LogP contribution in [-0.4, -0.2) is 17.1 Å². The van der Waals surface area contributed by atoms with Gasteiger partial charge in [-0.1, -0.05) is 18.5 Å². The molecule has 0 aromatic carbocycles. The predicted molar refractivity (Wildman–Crippen MR) is 53.0 cm³/mol. The molecule has 1 aromatic rings. The van der Waals surface area contributed by atoms with E-state index in [0.717, 1.165) is 6.42 Å². The number of nitriles is 1. The summed E-state index contributed by atoms with van der Waals surface area (Å²) in [5.41, 5.74) is 0.643. The SMILES string of the molecule is CCCC(C#N)NC(=O)c1cc(C)no1. The van der Waals surface area contributed by atoms with Gasteiger partial charge < -0.3 is 9.84 Å². The van der Waals surface area contributed by atoms with Crippen LogP contribution in [0.4, 0.5) is 0 Å². The van der Waals surface area contributed by atoms with Crippen molar-refractivity contribution in [1.29, 1.82) is 5.26 Å². The molecule has 1 unspecified atom stereocenters. The molecule has 1 atom stereocenters. The summed E-state index contributed by atoms with van der Waals surface area (Å²) in [5.74, 6) is -0.251. The van der Waals surface area contributed by atoms with E-state index >= 15 is 0 Å². The molecule has 0 aliphatic carbocycles. The molecule has 1 rings (SSSR count). The lowest BCUT2D eigenvalue weighted by Crippen LogP contribution is -2.33. The summed E-state index contributed by atoms with van der Waals surface area (Å²) >= 11 is 0. The third-order valence-corrected chi connectivity index (χ3v) is 1.89. The second-order valence-electron chi connectivity index (χ2n) is 3.28. The molecule has 0 radical (unpaired) electrons. The smallest absolute Gasteiger partial charge is 0.290 e. The maximum Gasteiger partial charge on any atom is 0.290 e. The third kappa shape index (κ3) is 3.09. The van der Waals surface area contributed by atoms with Crippen molar-refractivity contribution >= 4 is 5.91 Å². The number of nitrogens with zero attached hydrogens (tertiary/aromatic N) is 2. The van der Waals surface area contributed by atoms with Crippen LogP contribution in [0.5, 0.6) is 0 Å². The summed E-state index contributed by atoms with van der Waals surface area (Å²) in [4.78, 5) is 11.5. The van der Waals surface area contributed by atoms with Crippen LogP contribution in [0.25, 0.3) is 0 Å². The van der Waals surface area contributed by atoms with Crippen LogP contribution in [0.2, 0.25) is 0 Å². The van der Waals surface area contributed by atoms with Crippen molar-refractivity contribution in [3.63, 3.8) is 0 Å². The van der Waals surface area contributed by atoms with Gasteiger partial charge in [0.1, 0.15) is 6.04 Å². The number of nitrogens with one attached hydrogen (secondary N) is 1. The van der Waals surface area contributed by atoms with Crippen molar-refractivity contribution in [2.75, 3.05) is 0 Å². The quantitative estimate of drug-likeness (QED) is 0.809. The number of carbonyl (C=O) groups excluding carboxylic acids is 1. The number of hydrogen-bond donors (Lipinski definition) is 1. The lowest BCUT2D eigenvalue weighted by atomic mass is 10.2. The van der Waals surface area contributed by atoms with Crippen molar-refractivity contribution in [2.24, 2.45) is 0 Å². The highest BCUT2D eigenvalue weighted by molar-refractivity contribution is 5.91. The number of carbonyl (C=O) groups is 1. The molecule has 5 heteroatoms. The van der Waals surface area contributed by atoms with Crippen LogP contribution in [0.3, 0.4) is 0 Å². The maximum atomic E-state index is 11.5. The molecular formula is C10H13N3O2. The minimum absolute atomic E-state index is 0.142. The van der Waals surface area contributed by atoms with Gasteiger partial charge in [-0.3, -0.25) is 4.79 Å². The van der Waals surface area contributed by atoms with E-state index in [1.54, 1.807) is 6.92 Å². The number of aryl methyl sites for hydroxylation is 1. The molecule has 0 bridgehead atoms. The van der Waals surface area contributed by atoms with Crippen molar-refractivity contribution in [2.45, 2.75) is 32.7 Å². The summed E-state index contributed by atoms with van der Waals surface area (Å²) in [6.45, 7) is 3.68. The van der Waals surface area contributed by atoms with Gasteiger partial charge >= 0.3 is 0 Å². The van der Waals surface area contributed by atoms with Crippen LogP contribution in [0.15, 0.2) is 10.6 Å². The summed E-state index contributed by atoms with van der Waals surface area (Å²) < 4.78 is 4.78. The Bertz CT molecular complexity index is 378. The monoisotopic (exact) mass is 207 g/mol. The molecule has 0 aliphatic rings. The van der Waals surface area contributed by atoms with Gasteiger partial charge in [0, 0.05) is 6.07 Å². The lowest BCUT2D eigenvalue weighted by Gasteiger charge is -2.07. The Balaban J connectivity index is 2.59. The molecule has 1 amide bonds. The van der Waals surface area contributed by atoms with Crippen LogP contribution < -0.4 is 5.32 Å². The number of rotatable bonds is 4. The molecule has 0 saturated carbocycles. The molecule has 5 nitrogen and oxygen atoms in total. The van der Waals surface area contributed by atoms with E-state index in [4.69, 9.17) is 9.78 Å². The van der Waals surface area contributed by atoms with Gasteiger partial charge in [-0.05, 0) is 13.3 Å². The van der Waals surface area contributed by atoms with Crippen LogP contribution >= 0.6 is 0 Å². The zero-order chi connectivity index (χ0) is 11.3. The Morgan fingerprint density at radius 3 is 3.00 bits per heavy atom. The molecular weight excluding hydrogens is 194 g/mol. The van der Waals surface area contributed by atoms with Crippen LogP contribution in [-0.2, 0) is 0 Å². The van der Waals surface area contributed by atoms with E-state index in [1.165, 1.54) is 6.07 Å². The molecule has 1 aromatic heterocycles. The first kappa shape index (κ1) is 11.2. The largest absolute Gasteiger partial charge is 0.351 e. The molecule has 15 heavy (non-hydrogen) atoms. The number of amides is 1. The van der Waals surface area contributed by atoms with Crippen molar-refractivity contribution < 1.29 is 9.32 Å². The van der Waals surface area contributed by atoms with Gasteiger partial charge in [0.05, 0.1) is 11.8 Å².